The van der Waals surface area contributed by atoms with Crippen LogP contribution in [0.3, 0.4) is 0 Å². The Hall–Kier alpha value is -11.0. The molecule has 0 aliphatic carbocycles. The van der Waals surface area contributed by atoms with Crippen LogP contribution in [0, 0.1) is 19.7 Å². The number of rotatable bonds is 35. The van der Waals surface area contributed by atoms with Gasteiger partial charge in [0.1, 0.15) is 86.9 Å². The lowest BCUT2D eigenvalue weighted by molar-refractivity contribution is -0.135. The lowest BCUT2D eigenvalue weighted by Gasteiger charge is -2.29. The number of carbonyl (C=O) groups excluding carboxylic acids is 7. The first-order valence-corrected chi connectivity index (χ1v) is 59.7. The standard InChI is InChI=1S/C23H21N7O6.C16H25BrN4O3Si.C15H13N3O4.C11H17BrINO2Si.C8H7BrN4O.C6H15ClOSi.C5H3BrINO.C5H9N3O/c1-36-14-3-2-12-10-30(20(33)15(12)6-14)11-23(21(34)28-22(35)29-23)18(32)7-16-17(31)4-5-19(27-16)26-13-8-24-25-9-13;1-22-11-21-10-13(9-18-21)19-15-6-5-14(16(17)20-15)24-12-23-7-8-25(2,3)4;1-3-15(13(20)16-14(21)17-15)8-18-7-9-4-5-10(22-2)6-11(9)12(18)19;1-17(2,3)7-6-15-8-16-9-4-5-10(13)14-11(9)12;9-8-6(14)1-2-7(13-8)12-5-3-10-11-4-5;1-9(2,3)5-4-8-6-7;6-5-3(9)1-2-4(7)8-5;1-9-4-8-3-5(6)2-7-8/h2-6,8-9,31H,7,10-11H2,1H3,(H,24,25)(H,26,27)(H2,28,29,34,35);5-6,9-10H,7-8,11-12H2,1-4H3,(H,19,20);1,4-6H,7-8H2,2H3,(H2,16,17,20,21);4-5H,6-8H2,1-3H3;1-4,14H,(H,10,11)(H,12,13);4-6H2,1-3H3;1-2,9H;2-3H,4,6H2,1H3/t23-;;15-;;;;;/m0.1...../s1. The van der Waals surface area contributed by atoms with Crippen LogP contribution in [0.5, 0.6) is 40.2 Å². The lowest BCUT2D eigenvalue weighted by Crippen LogP contribution is -2.61. The van der Waals surface area contributed by atoms with Crippen LogP contribution in [-0.4, -0.2) is 248 Å². The second-order valence-corrected chi connectivity index (χ2v) is 56.6. The fourth-order valence-electron chi connectivity index (χ4n) is 12.2. The molecule has 52 heteroatoms. The summed E-state index contributed by atoms with van der Waals surface area (Å²) >= 11 is 22.5. The van der Waals surface area contributed by atoms with E-state index in [2.05, 4.69) is 266 Å². The van der Waals surface area contributed by atoms with Gasteiger partial charge >= 0.3 is 12.1 Å². The molecule has 15 rings (SSSR count). The number of imide groups is 2. The molecule has 0 unspecified atom stereocenters. The number of methoxy groups -OCH3 is 4. The molecule has 4 aliphatic rings. The van der Waals surface area contributed by atoms with Gasteiger partial charge in [0.15, 0.2) is 46.5 Å². The van der Waals surface area contributed by atoms with Crippen molar-refractivity contribution < 1.29 is 91.5 Å². The van der Waals surface area contributed by atoms with Gasteiger partial charge in [-0.15, -0.1) is 6.42 Å². The number of terminal acetylenes is 1. The summed E-state index contributed by atoms with van der Waals surface area (Å²) in [6, 6.07) is 29.4. The normalized spacial score (nSPS) is 14.8. The minimum absolute atomic E-state index is 0.0115. The highest BCUT2D eigenvalue weighted by molar-refractivity contribution is 14.1. The van der Waals surface area contributed by atoms with Crippen LogP contribution in [0.4, 0.5) is 49.8 Å². The van der Waals surface area contributed by atoms with Crippen molar-refractivity contribution >= 4 is 226 Å². The number of anilines is 7. The van der Waals surface area contributed by atoms with Gasteiger partial charge < -0.3 is 100 Å². The molecule has 42 nitrogen and oxygen atoms in total. The van der Waals surface area contributed by atoms with Gasteiger partial charge in [-0.1, -0.05) is 88.6 Å². The number of carbonyl (C=O) groups is 7. The molecule has 8 amide bonds. The fraction of sp³-hybridized carbons (Fsp3) is 0.348. The van der Waals surface area contributed by atoms with E-state index in [0.717, 1.165) is 66.6 Å². The summed E-state index contributed by atoms with van der Waals surface area (Å²) < 4.78 is 54.6. The second-order valence-electron chi connectivity index (χ2n) is 34.3. The average Bonchev–Trinajstić information content (AvgIpc) is 1.60. The van der Waals surface area contributed by atoms with Gasteiger partial charge in [-0.25, -0.2) is 43.9 Å². The smallest absolute Gasteiger partial charge is 0.323 e. The van der Waals surface area contributed by atoms with E-state index in [4.69, 9.17) is 71.5 Å². The van der Waals surface area contributed by atoms with Crippen LogP contribution in [0.15, 0.2) is 165 Å². The molecule has 11 aromatic rings. The number of nitrogens with zero attached hydrogens (tertiary/aromatic N) is 13. The molecule has 141 heavy (non-hydrogen) atoms. The van der Waals surface area contributed by atoms with Crippen LogP contribution in [-0.2, 0) is 71.0 Å². The van der Waals surface area contributed by atoms with Crippen molar-refractivity contribution in [3.63, 3.8) is 0 Å². The number of ether oxygens (including phenoxy) is 9. The SMILES string of the molecule is C#C[C@]1(CN2Cc3ccc(OC)cc3C2=O)NC(=O)NC1=O.COCn1cc(N)cn1.COCn1cc(Nc2ccc(OCOCC[Si](C)(C)C)c(Br)n2)cn1.COc1ccc2c(c1)C(=O)N(C[C@@]1(C(=O)Cc3nc(Nc4cn[nH]c4)ccc3O)NC(=O)NC1=O)C2.C[Si](C)(C)CCOCCl.C[Si](C)(C)CCOCOc1ccc(I)nc1Br.Oc1ccc(I)nc1Br.Oc1ccc(Nc2cn[nH]c2)nc1Br. The Morgan fingerprint density at radius 2 is 0.979 bits per heavy atom. The van der Waals surface area contributed by atoms with Crippen molar-refractivity contribution in [2.75, 3.05) is 103 Å². The summed E-state index contributed by atoms with van der Waals surface area (Å²) in [6.07, 6.45) is 18.2. The zero-order valence-corrected chi connectivity index (χ0v) is 93.6. The lowest BCUT2D eigenvalue weighted by atomic mass is 9.90. The summed E-state index contributed by atoms with van der Waals surface area (Å²) in [4.78, 5) is 111. The van der Waals surface area contributed by atoms with Gasteiger partial charge in [0.05, 0.1) is 99.4 Å². The van der Waals surface area contributed by atoms with Crippen LogP contribution < -0.4 is 61.9 Å². The summed E-state index contributed by atoms with van der Waals surface area (Å²) in [5.74, 6) is 3.50. The molecule has 0 saturated carbocycles. The Balaban J connectivity index is 0.000000207. The second kappa shape index (κ2) is 55.6. The predicted molar refractivity (Wildman–Crippen MR) is 568 cm³/mol. The zero-order chi connectivity index (χ0) is 103. The van der Waals surface area contributed by atoms with E-state index in [1.165, 1.54) is 48.4 Å². The fourth-order valence-corrected chi connectivity index (χ4v) is 17.6. The van der Waals surface area contributed by atoms with E-state index in [1.807, 2.05) is 30.5 Å². The number of ketones is 1. The van der Waals surface area contributed by atoms with E-state index < -0.39 is 83.8 Å². The van der Waals surface area contributed by atoms with Crippen LogP contribution in [0.25, 0.3) is 0 Å². The van der Waals surface area contributed by atoms with Crippen molar-refractivity contribution in [2.24, 2.45) is 0 Å². The molecule has 0 spiro atoms. The Morgan fingerprint density at radius 1 is 0.539 bits per heavy atom. The third-order valence-corrected chi connectivity index (χ3v) is 28.4. The highest BCUT2D eigenvalue weighted by Crippen LogP contribution is 2.35. The number of pyridine rings is 5. The first kappa shape index (κ1) is 115. The number of H-pyrrole nitrogens is 2. The monoisotopic (exact) mass is 2490 g/mol. The maximum atomic E-state index is 13.5. The number of hydrogen-bond donors (Lipinski definition) is 13. The zero-order valence-electron chi connectivity index (χ0n) is 79.2. The van der Waals surface area contributed by atoms with Gasteiger partial charge in [-0.05, 0) is 223 Å². The number of halogens is 7. The number of benzene rings is 2. The van der Waals surface area contributed by atoms with Gasteiger partial charge in [-0.3, -0.25) is 44.8 Å². The summed E-state index contributed by atoms with van der Waals surface area (Å²) in [7, 11) is 3.28. The van der Waals surface area contributed by atoms with Crippen molar-refractivity contribution in [1.82, 2.24) is 95.9 Å². The van der Waals surface area contributed by atoms with Crippen molar-refractivity contribution in [1.29, 1.82) is 0 Å². The van der Waals surface area contributed by atoms with Gasteiger partial charge in [0.25, 0.3) is 23.6 Å². The van der Waals surface area contributed by atoms with E-state index in [0.29, 0.717) is 103 Å². The highest BCUT2D eigenvalue weighted by atomic mass is 127. The highest BCUT2D eigenvalue weighted by Gasteiger charge is 2.55. The number of nitrogens with one attached hydrogen (secondary N) is 9. The summed E-state index contributed by atoms with van der Waals surface area (Å²) in [5.41, 5.74) is 7.11. The molecular weight excluding hydrogens is 2390 g/mol. The number of amides is 8. The van der Waals surface area contributed by atoms with E-state index in [1.54, 1.807) is 121 Å². The molecule has 2 aromatic carbocycles. The topological polar surface area (TPSA) is 537 Å². The Kier molecular flexibility index (Phi) is 45.4. The van der Waals surface area contributed by atoms with Gasteiger partial charge in [0.2, 0.25) is 0 Å². The number of nitrogens with two attached hydrogens (primary N) is 1. The Bertz CT molecular complexity index is 6070. The van der Waals surface area contributed by atoms with Crippen molar-refractivity contribution in [3.8, 4) is 52.6 Å². The van der Waals surface area contributed by atoms with Crippen LogP contribution in [0.1, 0.15) is 37.5 Å². The van der Waals surface area contributed by atoms with E-state index in [9.17, 15) is 43.8 Å². The number of aromatic amines is 2. The number of Topliss-reactive ketones (excluding diaryl/α,β-unsaturated/α-hetero) is 1. The minimum Gasteiger partial charge on any atom is -0.506 e. The molecule has 2 fully saturated rings. The molecule has 14 N–H and O–H groups in total. The Labute approximate surface area is 882 Å². The van der Waals surface area contributed by atoms with Crippen LogP contribution >= 0.6 is 121 Å². The quantitative estimate of drug-likeness (QED) is 0.00202. The number of hydrogen-bond acceptors (Lipinski definition) is 32. The van der Waals surface area contributed by atoms with Crippen molar-refractivity contribution in [2.45, 2.75) is 121 Å². The maximum absolute atomic E-state index is 13.5. The number of fused-ring (bicyclic) bond motifs is 2. The number of aromatic nitrogens is 13. The molecular formula is C89H110Br4ClI2N23O19Si3. The number of nitrogen functional groups attached to an aromatic ring is 1. The predicted octanol–water partition coefficient (Wildman–Crippen LogP) is 15.5. The largest absolute Gasteiger partial charge is 0.506 e. The summed E-state index contributed by atoms with van der Waals surface area (Å²) in [5, 5.41) is 67.6. The molecule has 4 aliphatic heterocycles. The third kappa shape index (κ3) is 37.7. The molecule has 756 valence electrons. The number of alkyl halides is 1. The average molecular weight is 2500 g/mol. The number of urea groups is 2. The first-order chi connectivity index (χ1) is 66.9. The van der Waals surface area contributed by atoms with E-state index in [-0.39, 0.29) is 55.5 Å². The van der Waals surface area contributed by atoms with E-state index >= 15 is 0 Å². The third-order valence-electron chi connectivity index (χ3n) is 19.6. The minimum atomic E-state index is -2.05. The molecule has 0 bridgehead atoms. The molecule has 0 radical (unpaired) electrons. The van der Waals surface area contributed by atoms with Gasteiger partial charge in [-0.2, -0.15) is 20.4 Å². The van der Waals surface area contributed by atoms with Crippen molar-refractivity contribution in [3.05, 3.63) is 200 Å². The summed E-state index contributed by atoms with van der Waals surface area (Å²) in [6.45, 7) is 24.6. The Morgan fingerprint density at radius 3 is 1.41 bits per heavy atom. The van der Waals surface area contributed by atoms with Gasteiger partial charge in [0, 0.05) is 94.9 Å². The molecule has 9 aromatic heterocycles. The molecule has 13 heterocycles. The first-order valence-electron chi connectivity index (χ1n) is 42.7. The van der Waals surface area contributed by atoms with Crippen LogP contribution in [0.2, 0.25) is 77.1 Å². The molecule has 2 saturated heterocycles. The molecule has 2 atom stereocenters. The number of aromatic hydroxyl groups is 3. The maximum Gasteiger partial charge on any atom is 0.323 e.